The number of carbonyl (C=O) groups is 2. The van der Waals surface area contributed by atoms with Crippen molar-refractivity contribution < 1.29 is 14.3 Å². The first kappa shape index (κ1) is 20.9. The van der Waals surface area contributed by atoms with E-state index in [1.165, 1.54) is 0 Å². The van der Waals surface area contributed by atoms with Gasteiger partial charge in [0.25, 0.3) is 5.91 Å². The summed E-state index contributed by atoms with van der Waals surface area (Å²) in [5.41, 5.74) is 4.85. The summed E-state index contributed by atoms with van der Waals surface area (Å²) in [6.45, 7) is 4.16. The first-order valence-corrected chi connectivity index (χ1v) is 9.62. The number of hydrogen-bond acceptors (Lipinski definition) is 4. The molecule has 154 valence electrons. The zero-order chi connectivity index (χ0) is 21.5. The molecule has 2 amide bonds. The van der Waals surface area contributed by atoms with Crippen molar-refractivity contribution in [2.45, 2.75) is 13.8 Å². The molecule has 0 aliphatic carbocycles. The fourth-order valence-electron chi connectivity index (χ4n) is 3.11. The molecule has 0 fully saturated rings. The summed E-state index contributed by atoms with van der Waals surface area (Å²) in [6.07, 6.45) is 0. The number of para-hydroxylation sites is 3. The number of methoxy groups -OCH3 is 1. The Labute approximate surface area is 176 Å². The maximum atomic E-state index is 12.5. The van der Waals surface area contributed by atoms with Crippen LogP contribution in [0.4, 0.5) is 17.1 Å². The van der Waals surface area contributed by atoms with Crippen LogP contribution in [0, 0.1) is 13.8 Å². The van der Waals surface area contributed by atoms with Crippen molar-refractivity contribution >= 4 is 28.9 Å². The number of anilines is 3. The molecule has 6 heteroatoms. The van der Waals surface area contributed by atoms with Gasteiger partial charge in [0.15, 0.2) is 0 Å². The van der Waals surface area contributed by atoms with Gasteiger partial charge in [-0.1, -0.05) is 30.3 Å². The largest absolute Gasteiger partial charge is 0.495 e. The quantitative estimate of drug-likeness (QED) is 0.538. The van der Waals surface area contributed by atoms with E-state index in [4.69, 9.17) is 4.74 Å². The Morgan fingerprint density at radius 1 is 0.833 bits per heavy atom. The maximum absolute atomic E-state index is 12.5. The van der Waals surface area contributed by atoms with Crippen molar-refractivity contribution in [2.75, 3.05) is 29.6 Å². The van der Waals surface area contributed by atoms with E-state index in [0.717, 1.165) is 16.8 Å². The molecule has 0 aliphatic rings. The van der Waals surface area contributed by atoms with Gasteiger partial charge in [-0.15, -0.1) is 0 Å². The van der Waals surface area contributed by atoms with E-state index in [1.54, 1.807) is 43.5 Å². The number of aryl methyl sites for hydroxylation is 2. The minimum atomic E-state index is -0.255. The molecular weight excluding hydrogens is 378 g/mol. The smallest absolute Gasteiger partial charge is 0.255 e. The van der Waals surface area contributed by atoms with E-state index in [9.17, 15) is 9.59 Å². The lowest BCUT2D eigenvalue weighted by Gasteiger charge is -2.13. The monoisotopic (exact) mass is 403 g/mol. The Morgan fingerprint density at radius 2 is 1.50 bits per heavy atom. The molecule has 0 spiro atoms. The van der Waals surface area contributed by atoms with Crippen LogP contribution in [0.2, 0.25) is 0 Å². The number of amides is 2. The van der Waals surface area contributed by atoms with Gasteiger partial charge in [0.2, 0.25) is 5.91 Å². The van der Waals surface area contributed by atoms with Crippen molar-refractivity contribution in [3.05, 3.63) is 83.4 Å². The summed E-state index contributed by atoms with van der Waals surface area (Å²) < 4.78 is 5.25. The highest BCUT2D eigenvalue weighted by atomic mass is 16.5. The molecule has 0 aliphatic heterocycles. The van der Waals surface area contributed by atoms with Gasteiger partial charge >= 0.3 is 0 Å². The Morgan fingerprint density at radius 3 is 2.17 bits per heavy atom. The topological polar surface area (TPSA) is 79.5 Å². The predicted octanol–water partition coefficient (Wildman–Crippen LogP) is 4.61. The number of hydrogen-bond donors (Lipinski definition) is 3. The minimum absolute atomic E-state index is 0.154. The third kappa shape index (κ3) is 5.17. The lowest BCUT2D eigenvalue weighted by atomic mass is 10.1. The van der Waals surface area contributed by atoms with Crippen LogP contribution in [0.25, 0.3) is 0 Å². The average Bonchev–Trinajstić information content (AvgIpc) is 2.74. The van der Waals surface area contributed by atoms with Crippen LogP contribution in [-0.4, -0.2) is 25.5 Å². The molecule has 0 atom stereocenters. The van der Waals surface area contributed by atoms with Crippen molar-refractivity contribution in [1.82, 2.24) is 0 Å². The van der Waals surface area contributed by atoms with Crippen LogP contribution in [0.1, 0.15) is 21.5 Å². The lowest BCUT2D eigenvalue weighted by molar-refractivity contribution is -0.114. The van der Waals surface area contributed by atoms with Crippen LogP contribution < -0.4 is 20.7 Å². The third-order valence-electron chi connectivity index (χ3n) is 4.69. The summed E-state index contributed by atoms with van der Waals surface area (Å²) in [5.74, 6) is 0.170. The molecule has 0 radical (unpaired) electrons. The van der Waals surface area contributed by atoms with E-state index < -0.39 is 0 Å². The van der Waals surface area contributed by atoms with Crippen molar-refractivity contribution in [3.8, 4) is 5.75 Å². The highest BCUT2D eigenvalue weighted by molar-refractivity contribution is 6.05. The molecule has 0 unspecified atom stereocenters. The van der Waals surface area contributed by atoms with Crippen LogP contribution in [0.15, 0.2) is 66.7 Å². The fraction of sp³-hybridized carbons (Fsp3) is 0.167. The average molecular weight is 403 g/mol. The predicted molar refractivity (Wildman–Crippen MR) is 120 cm³/mol. The van der Waals surface area contributed by atoms with Gasteiger partial charge in [-0.25, -0.2) is 0 Å². The Kier molecular flexibility index (Phi) is 6.70. The molecular formula is C24H25N3O3. The van der Waals surface area contributed by atoms with E-state index in [-0.39, 0.29) is 18.4 Å². The number of carbonyl (C=O) groups excluding carboxylic acids is 2. The minimum Gasteiger partial charge on any atom is -0.495 e. The van der Waals surface area contributed by atoms with Gasteiger partial charge < -0.3 is 20.7 Å². The highest BCUT2D eigenvalue weighted by Crippen LogP contribution is 2.24. The molecule has 3 rings (SSSR count). The van der Waals surface area contributed by atoms with Gasteiger partial charge in [0, 0.05) is 16.9 Å². The molecule has 0 heterocycles. The molecule has 0 saturated heterocycles. The first-order chi connectivity index (χ1) is 14.5. The molecule has 0 aromatic heterocycles. The zero-order valence-electron chi connectivity index (χ0n) is 17.3. The van der Waals surface area contributed by atoms with Gasteiger partial charge in [0.05, 0.1) is 19.3 Å². The summed E-state index contributed by atoms with van der Waals surface area (Å²) in [4.78, 5) is 24.7. The summed E-state index contributed by atoms with van der Waals surface area (Å²) in [5, 5.41) is 8.84. The van der Waals surface area contributed by atoms with E-state index in [1.807, 2.05) is 44.2 Å². The molecule has 6 nitrogen and oxygen atoms in total. The second kappa shape index (κ2) is 9.60. The van der Waals surface area contributed by atoms with Crippen molar-refractivity contribution in [1.29, 1.82) is 0 Å². The standard InChI is InChI=1S/C24H25N3O3/c1-16-7-6-8-17(2)23(16)25-15-22(28)26-19-13-11-18(12-14-19)24(29)27-20-9-4-5-10-21(20)30-3/h4-14,25H,15H2,1-3H3,(H,26,28)(H,27,29). The lowest BCUT2D eigenvalue weighted by Crippen LogP contribution is -2.22. The van der Waals surface area contributed by atoms with Crippen LogP contribution >= 0.6 is 0 Å². The van der Waals surface area contributed by atoms with Crippen molar-refractivity contribution in [2.24, 2.45) is 0 Å². The SMILES string of the molecule is COc1ccccc1NC(=O)c1ccc(NC(=O)CNc2c(C)cccc2C)cc1. The highest BCUT2D eigenvalue weighted by Gasteiger charge is 2.10. The number of ether oxygens (including phenoxy) is 1. The van der Waals surface area contributed by atoms with Crippen LogP contribution in [-0.2, 0) is 4.79 Å². The molecule has 0 bridgehead atoms. The molecule has 0 saturated carbocycles. The van der Waals surface area contributed by atoms with Crippen LogP contribution in [0.5, 0.6) is 5.75 Å². The first-order valence-electron chi connectivity index (χ1n) is 9.62. The van der Waals surface area contributed by atoms with E-state index >= 15 is 0 Å². The Bertz CT molecular complexity index is 1030. The number of rotatable bonds is 7. The third-order valence-corrected chi connectivity index (χ3v) is 4.69. The summed E-state index contributed by atoms with van der Waals surface area (Å²) in [6, 6.07) is 19.9. The van der Waals surface area contributed by atoms with Crippen LogP contribution in [0.3, 0.4) is 0 Å². The van der Waals surface area contributed by atoms with Gasteiger partial charge in [-0.2, -0.15) is 0 Å². The molecule has 3 aromatic rings. The molecule has 3 N–H and O–H groups in total. The zero-order valence-corrected chi connectivity index (χ0v) is 17.3. The Hall–Kier alpha value is -3.80. The normalized spacial score (nSPS) is 10.2. The van der Waals surface area contributed by atoms with Gasteiger partial charge in [-0.3, -0.25) is 9.59 Å². The second-order valence-corrected chi connectivity index (χ2v) is 6.90. The number of nitrogens with one attached hydrogen (secondary N) is 3. The molecule has 3 aromatic carbocycles. The fourth-order valence-corrected chi connectivity index (χ4v) is 3.11. The van der Waals surface area contributed by atoms with E-state index in [2.05, 4.69) is 16.0 Å². The van der Waals surface area contributed by atoms with E-state index in [0.29, 0.717) is 22.7 Å². The number of benzene rings is 3. The summed E-state index contributed by atoms with van der Waals surface area (Å²) in [7, 11) is 1.55. The summed E-state index contributed by atoms with van der Waals surface area (Å²) >= 11 is 0. The molecule has 30 heavy (non-hydrogen) atoms. The van der Waals surface area contributed by atoms with Gasteiger partial charge in [-0.05, 0) is 61.4 Å². The van der Waals surface area contributed by atoms with Gasteiger partial charge in [0.1, 0.15) is 5.75 Å². The van der Waals surface area contributed by atoms with Crippen molar-refractivity contribution in [3.63, 3.8) is 0 Å². The Balaban J connectivity index is 1.57. The second-order valence-electron chi connectivity index (χ2n) is 6.90. The maximum Gasteiger partial charge on any atom is 0.255 e.